The van der Waals surface area contributed by atoms with Crippen LogP contribution in [0.3, 0.4) is 0 Å². The number of nitrogens with one attached hydrogen (secondary N) is 1. The smallest absolute Gasteiger partial charge is 0.236 e. The normalized spacial score (nSPS) is 11.9. The Morgan fingerprint density at radius 3 is 2.64 bits per heavy atom. The molecule has 1 amide bonds. The van der Waals surface area contributed by atoms with Gasteiger partial charge in [-0.25, -0.2) is 4.98 Å². The number of anilines is 1. The molecule has 36 heavy (non-hydrogen) atoms. The summed E-state index contributed by atoms with van der Waals surface area (Å²) in [5, 5.41) is 15.5. The van der Waals surface area contributed by atoms with E-state index in [1.165, 1.54) is 28.7 Å². The van der Waals surface area contributed by atoms with E-state index in [1.807, 2.05) is 35.9 Å². The first-order valence-electron chi connectivity index (χ1n) is 11.4. The molecule has 1 unspecified atom stereocenters. The molecule has 0 radical (unpaired) electrons. The Morgan fingerprint density at radius 1 is 1.17 bits per heavy atom. The van der Waals surface area contributed by atoms with Gasteiger partial charge in [0, 0.05) is 22.5 Å². The van der Waals surface area contributed by atoms with Crippen molar-refractivity contribution in [2.75, 3.05) is 11.1 Å². The van der Waals surface area contributed by atoms with Crippen LogP contribution in [0.1, 0.15) is 38.3 Å². The van der Waals surface area contributed by atoms with Crippen molar-refractivity contribution in [1.82, 2.24) is 19.7 Å². The van der Waals surface area contributed by atoms with Crippen molar-refractivity contribution in [3.05, 3.63) is 69.3 Å². The predicted molar refractivity (Wildman–Crippen MR) is 147 cm³/mol. The number of halogens is 2. The Morgan fingerprint density at radius 2 is 1.94 bits per heavy atom. The van der Waals surface area contributed by atoms with Crippen molar-refractivity contribution < 1.29 is 9.53 Å². The van der Waals surface area contributed by atoms with E-state index in [0.717, 1.165) is 17.7 Å². The summed E-state index contributed by atoms with van der Waals surface area (Å²) < 4.78 is 8.04. The summed E-state index contributed by atoms with van der Waals surface area (Å²) >= 11 is 14.9. The summed E-state index contributed by atoms with van der Waals surface area (Å²) in [5.74, 6) is 1.48. The number of benzene rings is 2. The van der Waals surface area contributed by atoms with E-state index < -0.39 is 0 Å². The molecule has 1 N–H and O–H groups in total. The number of ether oxygens (including phenoxy) is 1. The highest BCUT2D eigenvalue weighted by Gasteiger charge is 2.20. The summed E-state index contributed by atoms with van der Waals surface area (Å²) in [6.07, 6.45) is 0.690. The fourth-order valence-electron chi connectivity index (χ4n) is 3.50. The van der Waals surface area contributed by atoms with Gasteiger partial charge in [-0.15, -0.1) is 21.5 Å². The third kappa shape index (κ3) is 6.39. The second kappa shape index (κ2) is 12.1. The van der Waals surface area contributed by atoms with Crippen LogP contribution in [-0.2, 0) is 17.8 Å². The molecule has 0 saturated carbocycles. The molecule has 4 aromatic rings. The molecule has 0 spiro atoms. The van der Waals surface area contributed by atoms with E-state index in [-0.39, 0.29) is 17.8 Å². The summed E-state index contributed by atoms with van der Waals surface area (Å²) in [4.78, 5) is 17.1. The topological polar surface area (TPSA) is 81.9 Å². The Hall–Kier alpha value is -2.59. The third-order valence-corrected chi connectivity index (χ3v) is 7.63. The Kier molecular flexibility index (Phi) is 8.90. The third-order valence-electron chi connectivity index (χ3n) is 5.36. The number of carbonyl (C=O) groups is 1. The van der Waals surface area contributed by atoms with Crippen LogP contribution in [0.4, 0.5) is 5.13 Å². The molecule has 7 nitrogen and oxygen atoms in total. The number of amides is 1. The lowest BCUT2D eigenvalue weighted by Crippen LogP contribution is -2.15. The van der Waals surface area contributed by atoms with Crippen LogP contribution in [0.25, 0.3) is 11.3 Å². The van der Waals surface area contributed by atoms with Crippen LogP contribution in [0, 0.1) is 0 Å². The second-order valence-corrected chi connectivity index (χ2v) is 10.5. The summed E-state index contributed by atoms with van der Waals surface area (Å²) in [5.41, 5.74) is 2.69. The van der Waals surface area contributed by atoms with E-state index in [4.69, 9.17) is 27.9 Å². The van der Waals surface area contributed by atoms with Gasteiger partial charge in [0.15, 0.2) is 22.2 Å². The summed E-state index contributed by atoms with van der Waals surface area (Å²) in [6, 6.07) is 13.3. The average Bonchev–Trinajstić information content (AvgIpc) is 3.50. The summed E-state index contributed by atoms with van der Waals surface area (Å²) in [6.45, 7) is 6.73. The molecule has 2 aromatic heterocycles. The molecule has 11 heteroatoms. The number of thiazole rings is 1. The lowest BCUT2D eigenvalue weighted by atomic mass is 10.2. The Bertz CT molecular complexity index is 1340. The molecule has 2 aromatic carbocycles. The van der Waals surface area contributed by atoms with E-state index in [1.54, 1.807) is 18.2 Å². The first kappa shape index (κ1) is 26.5. The van der Waals surface area contributed by atoms with Gasteiger partial charge in [0.1, 0.15) is 5.75 Å². The zero-order valence-electron chi connectivity index (χ0n) is 20.0. The maximum absolute atomic E-state index is 12.6. The number of aromatic nitrogens is 4. The minimum Gasteiger partial charge on any atom is -0.483 e. The van der Waals surface area contributed by atoms with Crippen molar-refractivity contribution in [3.63, 3.8) is 0 Å². The molecule has 1 atom stereocenters. The molecular formula is C25H25Cl2N5O2S2. The number of thioether (sulfide) groups is 1. The molecular weight excluding hydrogens is 537 g/mol. The van der Waals surface area contributed by atoms with Crippen LogP contribution in [-0.4, -0.2) is 31.4 Å². The average molecular weight is 563 g/mol. The fourth-order valence-corrected chi connectivity index (χ4v) is 5.54. The van der Waals surface area contributed by atoms with Crippen LogP contribution in [0.15, 0.2) is 53.0 Å². The SMILES string of the molecule is CCc1ccc(OC(C)c2nnc(SCC(=O)Nc3nc(-c4ccc(Cl)cc4Cl)cs3)n2CC)cc1. The zero-order valence-corrected chi connectivity index (χ0v) is 23.1. The maximum atomic E-state index is 12.6. The summed E-state index contributed by atoms with van der Waals surface area (Å²) in [7, 11) is 0. The van der Waals surface area contributed by atoms with Crippen molar-refractivity contribution in [2.45, 2.75) is 45.0 Å². The van der Waals surface area contributed by atoms with Crippen molar-refractivity contribution in [2.24, 2.45) is 0 Å². The fraction of sp³-hybridized carbons (Fsp3) is 0.280. The standard InChI is InChI=1S/C25H25Cl2N5O2S2/c1-4-16-6-9-18(10-7-16)34-15(3)23-30-31-25(32(23)5-2)36-14-22(33)29-24-28-21(13-35-24)19-11-8-17(26)12-20(19)27/h6-13,15H,4-5,14H2,1-3H3,(H,28,29,33). The maximum Gasteiger partial charge on any atom is 0.236 e. The Balaban J connectivity index is 1.36. The number of rotatable bonds is 10. The largest absolute Gasteiger partial charge is 0.483 e. The van der Waals surface area contributed by atoms with Crippen molar-refractivity contribution in [1.29, 1.82) is 0 Å². The number of carbonyl (C=O) groups excluding carboxylic acids is 1. The number of nitrogens with zero attached hydrogens (tertiary/aromatic N) is 4. The van der Waals surface area contributed by atoms with E-state index in [2.05, 4.69) is 39.6 Å². The van der Waals surface area contributed by atoms with Crippen LogP contribution < -0.4 is 10.1 Å². The molecule has 0 aliphatic rings. The molecule has 0 aliphatic carbocycles. The van der Waals surface area contributed by atoms with Crippen LogP contribution in [0.5, 0.6) is 5.75 Å². The number of hydrogen-bond acceptors (Lipinski definition) is 7. The van der Waals surface area contributed by atoms with Gasteiger partial charge in [0.25, 0.3) is 0 Å². The predicted octanol–water partition coefficient (Wildman–Crippen LogP) is 7.16. The van der Waals surface area contributed by atoms with E-state index in [9.17, 15) is 4.79 Å². The molecule has 4 rings (SSSR count). The highest BCUT2D eigenvalue weighted by atomic mass is 35.5. The molecule has 2 heterocycles. The molecule has 0 fully saturated rings. The Labute approximate surface area is 228 Å². The second-order valence-electron chi connectivity index (χ2n) is 7.84. The van der Waals surface area contributed by atoms with Gasteiger partial charge in [-0.2, -0.15) is 0 Å². The molecule has 188 valence electrons. The quantitative estimate of drug-likeness (QED) is 0.207. The van der Waals surface area contributed by atoms with Gasteiger partial charge in [-0.05, 0) is 56.2 Å². The van der Waals surface area contributed by atoms with E-state index >= 15 is 0 Å². The number of hydrogen-bond donors (Lipinski definition) is 1. The minimum atomic E-state index is -0.290. The van der Waals surface area contributed by atoms with E-state index in [0.29, 0.717) is 38.4 Å². The lowest BCUT2D eigenvalue weighted by molar-refractivity contribution is -0.113. The molecule has 0 bridgehead atoms. The molecule has 0 aliphatic heterocycles. The van der Waals surface area contributed by atoms with Crippen molar-refractivity contribution in [3.8, 4) is 17.0 Å². The number of aryl methyl sites for hydroxylation is 1. The van der Waals surface area contributed by atoms with Gasteiger partial charge in [-0.3, -0.25) is 4.79 Å². The highest BCUT2D eigenvalue weighted by Crippen LogP contribution is 2.32. The van der Waals surface area contributed by atoms with Gasteiger partial charge >= 0.3 is 0 Å². The van der Waals surface area contributed by atoms with Gasteiger partial charge < -0.3 is 14.6 Å². The minimum absolute atomic E-state index is 0.169. The zero-order chi connectivity index (χ0) is 25.7. The molecule has 0 saturated heterocycles. The lowest BCUT2D eigenvalue weighted by Gasteiger charge is -2.15. The van der Waals surface area contributed by atoms with Crippen molar-refractivity contribution >= 4 is 57.3 Å². The van der Waals surface area contributed by atoms with Crippen LogP contribution in [0.2, 0.25) is 10.0 Å². The monoisotopic (exact) mass is 561 g/mol. The first-order chi connectivity index (χ1) is 17.4. The highest BCUT2D eigenvalue weighted by molar-refractivity contribution is 7.99. The van der Waals surface area contributed by atoms with Gasteiger partial charge in [0.05, 0.1) is 16.5 Å². The van der Waals surface area contributed by atoms with Gasteiger partial charge in [0.2, 0.25) is 5.91 Å². The van der Waals surface area contributed by atoms with Crippen LogP contribution >= 0.6 is 46.3 Å². The van der Waals surface area contributed by atoms with Gasteiger partial charge in [-0.1, -0.05) is 54.0 Å². The first-order valence-corrected chi connectivity index (χ1v) is 14.0.